The van der Waals surface area contributed by atoms with Gasteiger partial charge in [0.2, 0.25) is 0 Å². The minimum Gasteiger partial charge on any atom is -0.0651 e. The molecule has 3 unspecified atom stereocenters. The van der Waals surface area contributed by atoms with Gasteiger partial charge in [0.1, 0.15) is 0 Å². The molecule has 1 aliphatic rings. The minimum absolute atomic E-state index is 0.643. The number of rotatable bonds is 3. The lowest BCUT2D eigenvalue weighted by atomic mass is 9.77. The van der Waals surface area contributed by atoms with Gasteiger partial charge in [-0.1, -0.05) is 47.5 Å². The highest BCUT2D eigenvalue weighted by atomic mass is 14.4. The van der Waals surface area contributed by atoms with Crippen LogP contribution in [0.2, 0.25) is 0 Å². The van der Waals surface area contributed by atoms with Gasteiger partial charge in [-0.25, -0.2) is 0 Å². The summed E-state index contributed by atoms with van der Waals surface area (Å²) in [5, 5.41) is 0. The van der Waals surface area contributed by atoms with E-state index >= 15 is 0 Å². The number of hydrogen-bond donors (Lipinski definition) is 0. The van der Waals surface area contributed by atoms with E-state index in [0.29, 0.717) is 5.41 Å². The summed E-state index contributed by atoms with van der Waals surface area (Å²) < 4.78 is 0. The molecule has 1 fully saturated rings. The summed E-state index contributed by atoms with van der Waals surface area (Å²) in [4.78, 5) is 0. The molecule has 0 saturated heterocycles. The largest absolute Gasteiger partial charge is 0.0651 e. The molecule has 0 N–H and O–H groups in total. The van der Waals surface area contributed by atoms with Crippen molar-refractivity contribution in [2.75, 3.05) is 0 Å². The first-order valence-corrected chi connectivity index (χ1v) is 7.00. The molecule has 0 heteroatoms. The van der Waals surface area contributed by atoms with Crippen LogP contribution in [0.1, 0.15) is 73.1 Å². The molecular weight excluding hydrogens is 180 g/mol. The molecule has 90 valence electrons. The second kappa shape index (κ2) is 5.37. The van der Waals surface area contributed by atoms with Crippen molar-refractivity contribution in [2.45, 2.75) is 73.1 Å². The average molecular weight is 210 g/mol. The predicted octanol–water partition coefficient (Wildman–Crippen LogP) is 5.28. The molecule has 3 atom stereocenters. The van der Waals surface area contributed by atoms with Crippen molar-refractivity contribution in [1.29, 1.82) is 0 Å². The Hall–Kier alpha value is 0. The minimum atomic E-state index is 0.643. The Kier molecular flexibility index (Phi) is 4.67. The van der Waals surface area contributed by atoms with E-state index in [2.05, 4.69) is 34.6 Å². The van der Waals surface area contributed by atoms with Crippen molar-refractivity contribution in [1.82, 2.24) is 0 Å². The van der Waals surface area contributed by atoms with Crippen LogP contribution >= 0.6 is 0 Å². The molecule has 1 aliphatic carbocycles. The summed E-state index contributed by atoms with van der Waals surface area (Å²) in [5.41, 5.74) is 0.643. The summed E-state index contributed by atoms with van der Waals surface area (Å²) in [6.07, 6.45) is 8.65. The topological polar surface area (TPSA) is 0 Å². The van der Waals surface area contributed by atoms with Gasteiger partial charge < -0.3 is 0 Å². The fourth-order valence-corrected chi connectivity index (χ4v) is 3.20. The van der Waals surface area contributed by atoms with E-state index in [9.17, 15) is 0 Å². The first-order chi connectivity index (χ1) is 7.00. The Labute approximate surface area is 96.8 Å². The molecular formula is C15H30. The van der Waals surface area contributed by atoms with Gasteiger partial charge in [-0.05, 0) is 48.9 Å². The maximum absolute atomic E-state index is 2.51. The van der Waals surface area contributed by atoms with Crippen LogP contribution in [0.25, 0.3) is 0 Å². The van der Waals surface area contributed by atoms with Gasteiger partial charge in [0.25, 0.3) is 0 Å². The molecule has 0 aromatic carbocycles. The van der Waals surface area contributed by atoms with E-state index in [1.807, 2.05) is 0 Å². The Bertz CT molecular complexity index is 182. The van der Waals surface area contributed by atoms with Crippen LogP contribution in [-0.2, 0) is 0 Å². The van der Waals surface area contributed by atoms with Crippen molar-refractivity contribution in [3.05, 3.63) is 0 Å². The zero-order valence-electron chi connectivity index (χ0n) is 11.5. The highest BCUT2D eigenvalue weighted by Crippen LogP contribution is 2.44. The standard InChI is InChI=1S/C15H30/c1-6-13-10-14(12(3)4)8-9-15(5,7-2)11-13/h12-14H,6-11H2,1-5H3. The smallest absolute Gasteiger partial charge is 0.0326 e. The van der Waals surface area contributed by atoms with Crippen LogP contribution in [-0.4, -0.2) is 0 Å². The molecule has 0 radical (unpaired) electrons. The summed E-state index contributed by atoms with van der Waals surface area (Å²) in [6, 6.07) is 0. The second-order valence-electron chi connectivity index (χ2n) is 6.42. The van der Waals surface area contributed by atoms with Crippen molar-refractivity contribution in [3.63, 3.8) is 0 Å². The summed E-state index contributed by atoms with van der Waals surface area (Å²) in [7, 11) is 0. The summed E-state index contributed by atoms with van der Waals surface area (Å²) in [5.74, 6) is 2.87. The van der Waals surface area contributed by atoms with E-state index in [1.165, 1.54) is 38.5 Å². The molecule has 0 aromatic rings. The van der Waals surface area contributed by atoms with Gasteiger partial charge in [-0.2, -0.15) is 0 Å². The Morgan fingerprint density at radius 1 is 1.27 bits per heavy atom. The molecule has 1 saturated carbocycles. The molecule has 0 bridgehead atoms. The Balaban J connectivity index is 2.68. The highest BCUT2D eigenvalue weighted by molar-refractivity contribution is 4.83. The third-order valence-electron chi connectivity index (χ3n) is 4.91. The first kappa shape index (κ1) is 13.1. The van der Waals surface area contributed by atoms with Gasteiger partial charge in [0, 0.05) is 0 Å². The average Bonchev–Trinajstić information content (AvgIpc) is 2.38. The zero-order chi connectivity index (χ0) is 11.5. The van der Waals surface area contributed by atoms with E-state index in [4.69, 9.17) is 0 Å². The normalized spacial score (nSPS) is 38.0. The maximum atomic E-state index is 2.51. The van der Waals surface area contributed by atoms with Crippen molar-refractivity contribution < 1.29 is 0 Å². The van der Waals surface area contributed by atoms with Crippen LogP contribution in [0.3, 0.4) is 0 Å². The highest BCUT2D eigenvalue weighted by Gasteiger charge is 2.32. The van der Waals surface area contributed by atoms with Crippen LogP contribution in [0, 0.1) is 23.2 Å². The fourth-order valence-electron chi connectivity index (χ4n) is 3.20. The lowest BCUT2D eigenvalue weighted by Gasteiger charge is -2.29. The lowest BCUT2D eigenvalue weighted by molar-refractivity contribution is 0.225. The van der Waals surface area contributed by atoms with E-state index in [-0.39, 0.29) is 0 Å². The van der Waals surface area contributed by atoms with Crippen LogP contribution in [0.15, 0.2) is 0 Å². The van der Waals surface area contributed by atoms with Crippen LogP contribution in [0.4, 0.5) is 0 Å². The third-order valence-corrected chi connectivity index (χ3v) is 4.91. The van der Waals surface area contributed by atoms with Gasteiger partial charge in [-0.15, -0.1) is 0 Å². The predicted molar refractivity (Wildman–Crippen MR) is 69.0 cm³/mol. The molecule has 0 spiro atoms. The molecule has 0 nitrogen and oxygen atoms in total. The van der Waals surface area contributed by atoms with Crippen LogP contribution < -0.4 is 0 Å². The second-order valence-corrected chi connectivity index (χ2v) is 6.42. The monoisotopic (exact) mass is 210 g/mol. The van der Waals surface area contributed by atoms with Gasteiger partial charge in [0.15, 0.2) is 0 Å². The van der Waals surface area contributed by atoms with E-state index < -0.39 is 0 Å². The summed E-state index contributed by atoms with van der Waals surface area (Å²) in [6.45, 7) is 12.1. The zero-order valence-corrected chi connectivity index (χ0v) is 11.5. The van der Waals surface area contributed by atoms with E-state index in [1.54, 1.807) is 0 Å². The maximum Gasteiger partial charge on any atom is -0.0326 e. The lowest BCUT2D eigenvalue weighted by Crippen LogP contribution is -2.17. The summed E-state index contributed by atoms with van der Waals surface area (Å²) >= 11 is 0. The van der Waals surface area contributed by atoms with Crippen molar-refractivity contribution >= 4 is 0 Å². The van der Waals surface area contributed by atoms with Crippen molar-refractivity contribution in [3.8, 4) is 0 Å². The molecule has 0 aliphatic heterocycles. The fraction of sp³-hybridized carbons (Fsp3) is 1.00. The quantitative estimate of drug-likeness (QED) is 0.556. The molecule has 0 heterocycles. The van der Waals surface area contributed by atoms with Gasteiger partial charge in [0.05, 0.1) is 0 Å². The number of hydrogen-bond acceptors (Lipinski definition) is 0. The molecule has 0 amide bonds. The molecule has 1 rings (SSSR count). The molecule has 15 heavy (non-hydrogen) atoms. The van der Waals surface area contributed by atoms with Gasteiger partial charge in [-0.3, -0.25) is 0 Å². The Morgan fingerprint density at radius 2 is 1.93 bits per heavy atom. The third kappa shape index (κ3) is 3.50. The van der Waals surface area contributed by atoms with Crippen molar-refractivity contribution in [2.24, 2.45) is 23.2 Å². The van der Waals surface area contributed by atoms with E-state index in [0.717, 1.165) is 17.8 Å². The van der Waals surface area contributed by atoms with Crippen LogP contribution in [0.5, 0.6) is 0 Å². The molecule has 0 aromatic heterocycles. The SMILES string of the molecule is CCC1CC(C(C)C)CCC(C)(CC)C1. The van der Waals surface area contributed by atoms with Gasteiger partial charge >= 0.3 is 0 Å². The first-order valence-electron chi connectivity index (χ1n) is 7.00. The Morgan fingerprint density at radius 3 is 2.40 bits per heavy atom.